The molecular weight excluding hydrogens is 212 g/mol. The molecule has 0 radical (unpaired) electrons. The molecule has 15 heavy (non-hydrogen) atoms. The first-order valence-corrected chi connectivity index (χ1v) is 5.93. The first-order chi connectivity index (χ1) is 7.27. The van der Waals surface area contributed by atoms with Crippen molar-refractivity contribution in [3.63, 3.8) is 0 Å². The van der Waals surface area contributed by atoms with Gasteiger partial charge in [-0.15, -0.1) is 0 Å². The lowest BCUT2D eigenvalue weighted by molar-refractivity contribution is 0.195. The number of thioether (sulfide) groups is 1. The molecule has 1 aliphatic rings. The van der Waals surface area contributed by atoms with Gasteiger partial charge in [-0.3, -0.25) is 0 Å². The predicted molar refractivity (Wildman–Crippen MR) is 60.7 cm³/mol. The topological polar surface area (TPSA) is 38.7 Å². The summed E-state index contributed by atoms with van der Waals surface area (Å²) < 4.78 is 10.5. The maximum absolute atomic E-state index is 9.94. The molecular formula is C11H14O3S. The third-order valence-corrected chi connectivity index (χ3v) is 3.61. The third kappa shape index (κ3) is 1.79. The number of fused-ring (bicyclic) bond motifs is 1. The van der Waals surface area contributed by atoms with Crippen LogP contribution < -0.4 is 9.47 Å². The van der Waals surface area contributed by atoms with E-state index in [1.807, 2.05) is 12.1 Å². The highest BCUT2D eigenvalue weighted by molar-refractivity contribution is 7.98. The van der Waals surface area contributed by atoms with Crippen LogP contribution in [0.2, 0.25) is 0 Å². The zero-order valence-corrected chi connectivity index (χ0v) is 9.63. The number of methoxy groups -OCH3 is 2. The Kier molecular flexibility index (Phi) is 3.07. The summed E-state index contributed by atoms with van der Waals surface area (Å²) in [5.74, 6) is 3.17. The van der Waals surface area contributed by atoms with Crippen LogP contribution in [0.1, 0.15) is 17.2 Å². The van der Waals surface area contributed by atoms with E-state index in [4.69, 9.17) is 9.47 Å². The van der Waals surface area contributed by atoms with E-state index >= 15 is 0 Å². The second-order valence-corrected chi connectivity index (χ2v) is 4.42. The molecule has 1 unspecified atom stereocenters. The van der Waals surface area contributed by atoms with Gasteiger partial charge >= 0.3 is 0 Å². The van der Waals surface area contributed by atoms with Crippen molar-refractivity contribution in [2.75, 3.05) is 20.0 Å². The van der Waals surface area contributed by atoms with E-state index in [0.29, 0.717) is 0 Å². The monoisotopic (exact) mass is 226 g/mol. The maximum Gasteiger partial charge on any atom is 0.125 e. The van der Waals surface area contributed by atoms with Gasteiger partial charge in [0.05, 0.1) is 20.3 Å². The average molecular weight is 226 g/mol. The van der Waals surface area contributed by atoms with E-state index in [0.717, 1.165) is 34.1 Å². The quantitative estimate of drug-likeness (QED) is 0.837. The Hall–Kier alpha value is -0.870. The fourth-order valence-electron chi connectivity index (χ4n) is 1.86. The predicted octanol–water partition coefficient (Wildman–Crippen LogP) is 1.98. The van der Waals surface area contributed by atoms with Crippen molar-refractivity contribution in [1.29, 1.82) is 0 Å². The Labute approximate surface area is 93.4 Å². The molecule has 0 saturated carbocycles. The van der Waals surface area contributed by atoms with Gasteiger partial charge in [-0.25, -0.2) is 0 Å². The van der Waals surface area contributed by atoms with Crippen LogP contribution in [0.4, 0.5) is 0 Å². The van der Waals surface area contributed by atoms with E-state index < -0.39 is 6.10 Å². The van der Waals surface area contributed by atoms with Crippen molar-refractivity contribution in [1.82, 2.24) is 0 Å². The molecule has 1 N–H and O–H groups in total. The molecule has 1 atom stereocenters. The zero-order valence-electron chi connectivity index (χ0n) is 8.82. The molecule has 0 aliphatic carbocycles. The van der Waals surface area contributed by atoms with Crippen LogP contribution in [0.15, 0.2) is 12.1 Å². The third-order valence-electron chi connectivity index (χ3n) is 2.57. The van der Waals surface area contributed by atoms with Crippen molar-refractivity contribution in [3.8, 4) is 11.5 Å². The van der Waals surface area contributed by atoms with Crippen molar-refractivity contribution < 1.29 is 14.6 Å². The Morgan fingerprint density at radius 3 is 2.60 bits per heavy atom. The van der Waals surface area contributed by atoms with Gasteiger partial charge in [-0.1, -0.05) is 0 Å². The second kappa shape index (κ2) is 4.33. The van der Waals surface area contributed by atoms with Crippen molar-refractivity contribution in [2.24, 2.45) is 0 Å². The Balaban J connectivity index is 2.56. The Morgan fingerprint density at radius 2 is 1.93 bits per heavy atom. The van der Waals surface area contributed by atoms with E-state index in [9.17, 15) is 5.11 Å². The zero-order chi connectivity index (χ0) is 10.8. The van der Waals surface area contributed by atoms with Crippen LogP contribution in [-0.2, 0) is 5.75 Å². The molecule has 0 aromatic heterocycles. The number of rotatable bonds is 2. The van der Waals surface area contributed by atoms with Gasteiger partial charge in [-0.05, 0) is 12.1 Å². The minimum atomic E-state index is -0.455. The lowest BCUT2D eigenvalue weighted by Crippen LogP contribution is -2.12. The molecule has 1 heterocycles. The fraction of sp³-hybridized carbons (Fsp3) is 0.455. The first-order valence-electron chi connectivity index (χ1n) is 4.77. The Bertz CT molecular complexity index is 365. The summed E-state index contributed by atoms with van der Waals surface area (Å²) >= 11 is 1.71. The summed E-state index contributed by atoms with van der Waals surface area (Å²) in [6, 6.07) is 3.73. The average Bonchev–Trinajstić information content (AvgIpc) is 2.28. The highest BCUT2D eigenvalue weighted by Crippen LogP contribution is 2.42. The van der Waals surface area contributed by atoms with Crippen molar-refractivity contribution >= 4 is 11.8 Å². The summed E-state index contributed by atoms with van der Waals surface area (Å²) in [5.41, 5.74) is 1.94. The van der Waals surface area contributed by atoms with Gasteiger partial charge in [0.1, 0.15) is 11.5 Å². The summed E-state index contributed by atoms with van der Waals surface area (Å²) in [6.45, 7) is 0. The van der Waals surface area contributed by atoms with Gasteiger partial charge in [0, 0.05) is 22.6 Å². The highest BCUT2D eigenvalue weighted by atomic mass is 32.2. The minimum absolute atomic E-state index is 0.455. The minimum Gasteiger partial charge on any atom is -0.496 e. The van der Waals surface area contributed by atoms with Crippen LogP contribution >= 0.6 is 11.8 Å². The summed E-state index contributed by atoms with van der Waals surface area (Å²) in [6.07, 6.45) is -0.455. The van der Waals surface area contributed by atoms with E-state index in [1.54, 1.807) is 26.0 Å². The van der Waals surface area contributed by atoms with E-state index in [2.05, 4.69) is 0 Å². The SMILES string of the molecule is COc1ccc(OC)c2c1CSCC2O. The number of benzene rings is 1. The fourth-order valence-corrected chi connectivity index (χ4v) is 2.87. The summed E-state index contributed by atoms with van der Waals surface area (Å²) in [4.78, 5) is 0. The number of aliphatic hydroxyl groups is 1. The molecule has 0 saturated heterocycles. The lowest BCUT2D eigenvalue weighted by Gasteiger charge is -2.24. The van der Waals surface area contributed by atoms with Crippen LogP contribution in [0.3, 0.4) is 0 Å². The van der Waals surface area contributed by atoms with E-state index in [-0.39, 0.29) is 0 Å². The molecule has 1 aromatic carbocycles. The van der Waals surface area contributed by atoms with Gasteiger partial charge < -0.3 is 14.6 Å². The number of hydrogen-bond acceptors (Lipinski definition) is 4. The van der Waals surface area contributed by atoms with Gasteiger partial charge in [-0.2, -0.15) is 11.8 Å². The first kappa shape index (κ1) is 10.6. The van der Waals surface area contributed by atoms with Crippen molar-refractivity contribution in [3.05, 3.63) is 23.3 Å². The molecule has 2 rings (SSSR count). The molecule has 82 valence electrons. The lowest BCUT2D eigenvalue weighted by atomic mass is 10.0. The molecule has 0 fully saturated rings. The van der Waals surface area contributed by atoms with E-state index in [1.165, 1.54) is 0 Å². The van der Waals surface area contributed by atoms with Crippen LogP contribution in [0.25, 0.3) is 0 Å². The maximum atomic E-state index is 9.94. The van der Waals surface area contributed by atoms with Crippen LogP contribution in [-0.4, -0.2) is 25.1 Å². The second-order valence-electron chi connectivity index (χ2n) is 3.39. The number of aliphatic hydroxyl groups excluding tert-OH is 1. The largest absolute Gasteiger partial charge is 0.496 e. The standard InChI is InChI=1S/C11H14O3S/c1-13-9-3-4-10(14-2)11-7(9)5-15-6-8(11)12/h3-4,8,12H,5-6H2,1-2H3. The van der Waals surface area contributed by atoms with Gasteiger partial charge in [0.25, 0.3) is 0 Å². The molecule has 0 bridgehead atoms. The van der Waals surface area contributed by atoms with Gasteiger partial charge in [0.2, 0.25) is 0 Å². The van der Waals surface area contributed by atoms with Gasteiger partial charge in [0.15, 0.2) is 0 Å². The summed E-state index contributed by atoms with van der Waals surface area (Å²) in [5, 5.41) is 9.94. The van der Waals surface area contributed by atoms with Crippen LogP contribution in [0.5, 0.6) is 11.5 Å². The molecule has 1 aromatic rings. The van der Waals surface area contributed by atoms with Crippen LogP contribution in [0, 0.1) is 0 Å². The smallest absolute Gasteiger partial charge is 0.125 e. The molecule has 0 amide bonds. The molecule has 4 heteroatoms. The number of hydrogen-bond donors (Lipinski definition) is 1. The molecule has 0 spiro atoms. The molecule has 1 aliphatic heterocycles. The molecule has 3 nitrogen and oxygen atoms in total. The normalized spacial score (nSPS) is 19.5. The highest BCUT2D eigenvalue weighted by Gasteiger charge is 2.25. The summed E-state index contributed by atoms with van der Waals surface area (Å²) in [7, 11) is 3.27. The Morgan fingerprint density at radius 1 is 1.27 bits per heavy atom. The number of ether oxygens (including phenoxy) is 2. The van der Waals surface area contributed by atoms with Crippen molar-refractivity contribution in [2.45, 2.75) is 11.9 Å².